The Morgan fingerprint density at radius 1 is 1.00 bits per heavy atom. The standard InChI is InChI=1S/C21H32N4O3.HI/c22-20(24-17-5-6-18-19(15-17)28-12-4-11-27-18)23-16-21(7-2-1-3-8-21)25-9-13-26-14-10-25;/h5-6,15H,1-4,7-14,16H2,(H3,22,23,24);1H. The average molecular weight is 516 g/mol. The van der Waals surface area contributed by atoms with Crippen LogP contribution in [0.25, 0.3) is 0 Å². The van der Waals surface area contributed by atoms with E-state index < -0.39 is 0 Å². The van der Waals surface area contributed by atoms with E-state index in [4.69, 9.17) is 24.9 Å². The first-order chi connectivity index (χ1) is 13.8. The van der Waals surface area contributed by atoms with Crippen molar-refractivity contribution in [1.82, 2.24) is 4.90 Å². The van der Waals surface area contributed by atoms with Crippen LogP contribution < -0.4 is 20.5 Å². The van der Waals surface area contributed by atoms with E-state index in [1.54, 1.807) is 0 Å². The molecule has 3 aliphatic rings. The first kappa shape index (κ1) is 22.4. The van der Waals surface area contributed by atoms with Gasteiger partial charge in [0, 0.05) is 36.8 Å². The van der Waals surface area contributed by atoms with Gasteiger partial charge in [0.15, 0.2) is 17.5 Å². The fourth-order valence-corrected chi connectivity index (χ4v) is 4.48. The quantitative estimate of drug-likeness (QED) is 0.364. The third-order valence-electron chi connectivity index (χ3n) is 6.03. The van der Waals surface area contributed by atoms with E-state index in [9.17, 15) is 0 Å². The Hall–Kier alpha value is -1.26. The van der Waals surface area contributed by atoms with Gasteiger partial charge in [0.1, 0.15) is 0 Å². The zero-order valence-corrected chi connectivity index (χ0v) is 19.4. The van der Waals surface area contributed by atoms with E-state index in [1.807, 2.05) is 18.2 Å². The summed E-state index contributed by atoms with van der Waals surface area (Å²) in [6.07, 6.45) is 7.12. The predicted octanol–water partition coefficient (Wildman–Crippen LogP) is 3.23. The van der Waals surface area contributed by atoms with E-state index >= 15 is 0 Å². The molecule has 0 bridgehead atoms. The molecule has 2 aliphatic heterocycles. The van der Waals surface area contributed by atoms with Gasteiger partial charge in [-0.05, 0) is 25.0 Å². The van der Waals surface area contributed by atoms with Crippen molar-refractivity contribution in [2.75, 3.05) is 51.4 Å². The summed E-state index contributed by atoms with van der Waals surface area (Å²) in [6, 6.07) is 5.81. The highest BCUT2D eigenvalue weighted by Gasteiger charge is 2.38. The summed E-state index contributed by atoms with van der Waals surface area (Å²) in [7, 11) is 0. The highest BCUT2D eigenvalue weighted by atomic mass is 127. The van der Waals surface area contributed by atoms with Crippen LogP contribution in [-0.4, -0.2) is 62.5 Å². The van der Waals surface area contributed by atoms with Crippen LogP contribution in [0.15, 0.2) is 23.2 Å². The van der Waals surface area contributed by atoms with Gasteiger partial charge in [0.05, 0.1) is 33.0 Å². The van der Waals surface area contributed by atoms with Crippen LogP contribution >= 0.6 is 24.0 Å². The maximum Gasteiger partial charge on any atom is 0.193 e. The molecular formula is C21H33IN4O3. The number of hydrogen-bond donors (Lipinski definition) is 2. The summed E-state index contributed by atoms with van der Waals surface area (Å²) in [5.41, 5.74) is 7.24. The van der Waals surface area contributed by atoms with Gasteiger partial charge in [0.25, 0.3) is 0 Å². The molecule has 2 heterocycles. The minimum absolute atomic E-state index is 0. The molecule has 1 aliphatic carbocycles. The SMILES string of the molecule is I.NC(=NCC1(N2CCOCC2)CCCCC1)Nc1ccc2c(c1)OCCCO2. The monoisotopic (exact) mass is 516 g/mol. The Kier molecular flexibility index (Phi) is 8.25. The molecule has 4 rings (SSSR count). The van der Waals surface area contributed by atoms with Gasteiger partial charge in [0.2, 0.25) is 0 Å². The van der Waals surface area contributed by atoms with Crippen LogP contribution in [0.5, 0.6) is 11.5 Å². The Morgan fingerprint density at radius 2 is 1.72 bits per heavy atom. The molecule has 0 aromatic heterocycles. The maximum absolute atomic E-state index is 6.24. The Morgan fingerprint density at radius 3 is 2.48 bits per heavy atom. The molecule has 162 valence electrons. The number of nitrogens with zero attached hydrogens (tertiary/aromatic N) is 2. The molecule has 1 aromatic rings. The number of aliphatic imine (C=N–C) groups is 1. The van der Waals surface area contributed by atoms with Crippen LogP contribution in [0, 0.1) is 0 Å². The Labute approximate surface area is 190 Å². The first-order valence-corrected chi connectivity index (χ1v) is 10.5. The van der Waals surface area contributed by atoms with Gasteiger partial charge in [-0.15, -0.1) is 24.0 Å². The van der Waals surface area contributed by atoms with Gasteiger partial charge in [-0.1, -0.05) is 19.3 Å². The number of rotatable bonds is 4. The predicted molar refractivity (Wildman–Crippen MR) is 126 cm³/mol. The number of anilines is 1. The van der Waals surface area contributed by atoms with Gasteiger partial charge >= 0.3 is 0 Å². The van der Waals surface area contributed by atoms with Crippen molar-refractivity contribution < 1.29 is 14.2 Å². The van der Waals surface area contributed by atoms with E-state index in [2.05, 4.69) is 10.2 Å². The smallest absolute Gasteiger partial charge is 0.193 e. The summed E-state index contributed by atoms with van der Waals surface area (Å²) in [5.74, 6) is 1.99. The fourth-order valence-electron chi connectivity index (χ4n) is 4.48. The third-order valence-corrected chi connectivity index (χ3v) is 6.03. The summed E-state index contributed by atoms with van der Waals surface area (Å²) >= 11 is 0. The Bertz CT molecular complexity index is 689. The lowest BCUT2D eigenvalue weighted by Gasteiger charge is -2.47. The van der Waals surface area contributed by atoms with Crippen LogP contribution in [-0.2, 0) is 4.74 Å². The molecule has 2 fully saturated rings. The number of morpholine rings is 1. The molecule has 1 saturated carbocycles. The van der Waals surface area contributed by atoms with Crippen molar-refractivity contribution in [3.05, 3.63) is 18.2 Å². The number of fused-ring (bicyclic) bond motifs is 1. The lowest BCUT2D eigenvalue weighted by molar-refractivity contribution is -0.0333. The number of hydrogen-bond acceptors (Lipinski definition) is 5. The highest BCUT2D eigenvalue weighted by Crippen LogP contribution is 2.35. The van der Waals surface area contributed by atoms with E-state index in [1.165, 1.54) is 32.1 Å². The number of ether oxygens (including phenoxy) is 3. The van der Waals surface area contributed by atoms with Crippen LogP contribution in [0.4, 0.5) is 5.69 Å². The maximum atomic E-state index is 6.24. The van der Waals surface area contributed by atoms with E-state index in [0.717, 1.165) is 56.5 Å². The lowest BCUT2D eigenvalue weighted by atomic mass is 9.80. The number of nitrogens with two attached hydrogens (primary N) is 1. The number of guanidine groups is 1. The normalized spacial score (nSPS) is 22.3. The molecule has 1 saturated heterocycles. The molecule has 1 aromatic carbocycles. The highest BCUT2D eigenvalue weighted by molar-refractivity contribution is 14.0. The molecule has 8 heteroatoms. The molecule has 0 unspecified atom stereocenters. The second kappa shape index (κ2) is 10.7. The van der Waals surface area contributed by atoms with Crippen LogP contribution in [0.1, 0.15) is 38.5 Å². The summed E-state index contributed by atoms with van der Waals surface area (Å²) in [5, 5.41) is 3.22. The van der Waals surface area contributed by atoms with E-state index in [0.29, 0.717) is 19.2 Å². The minimum Gasteiger partial charge on any atom is -0.490 e. The number of benzene rings is 1. The summed E-state index contributed by atoms with van der Waals surface area (Å²) in [4.78, 5) is 7.33. The van der Waals surface area contributed by atoms with E-state index in [-0.39, 0.29) is 29.5 Å². The zero-order chi connectivity index (χ0) is 19.2. The zero-order valence-electron chi connectivity index (χ0n) is 17.0. The minimum atomic E-state index is 0. The van der Waals surface area contributed by atoms with Crippen molar-refractivity contribution in [2.24, 2.45) is 10.7 Å². The molecule has 29 heavy (non-hydrogen) atoms. The summed E-state index contributed by atoms with van der Waals surface area (Å²) < 4.78 is 17.0. The van der Waals surface area contributed by atoms with Crippen molar-refractivity contribution >= 4 is 35.6 Å². The molecule has 7 nitrogen and oxygen atoms in total. The number of halogens is 1. The van der Waals surface area contributed by atoms with Crippen molar-refractivity contribution in [3.8, 4) is 11.5 Å². The van der Waals surface area contributed by atoms with Gasteiger partial charge in [-0.25, -0.2) is 0 Å². The van der Waals surface area contributed by atoms with Gasteiger partial charge in [-0.3, -0.25) is 9.89 Å². The average Bonchev–Trinajstić information content (AvgIpc) is 2.99. The van der Waals surface area contributed by atoms with Crippen LogP contribution in [0.2, 0.25) is 0 Å². The molecule has 0 spiro atoms. The molecule has 0 radical (unpaired) electrons. The Balaban J connectivity index is 0.00000240. The third kappa shape index (κ3) is 5.67. The molecular weight excluding hydrogens is 483 g/mol. The fraction of sp³-hybridized carbons (Fsp3) is 0.667. The topological polar surface area (TPSA) is 81.3 Å². The molecule has 0 atom stereocenters. The van der Waals surface area contributed by atoms with Crippen molar-refractivity contribution in [1.29, 1.82) is 0 Å². The number of nitrogens with one attached hydrogen (secondary N) is 1. The van der Waals surface area contributed by atoms with Crippen molar-refractivity contribution in [3.63, 3.8) is 0 Å². The first-order valence-electron chi connectivity index (χ1n) is 10.5. The second-order valence-electron chi connectivity index (χ2n) is 7.92. The van der Waals surface area contributed by atoms with Crippen molar-refractivity contribution in [2.45, 2.75) is 44.1 Å². The molecule has 0 amide bonds. The van der Waals surface area contributed by atoms with Crippen LogP contribution in [0.3, 0.4) is 0 Å². The van der Waals surface area contributed by atoms with Gasteiger partial charge < -0.3 is 25.3 Å². The molecule has 3 N–H and O–H groups in total. The summed E-state index contributed by atoms with van der Waals surface area (Å²) in [6.45, 7) is 5.70. The second-order valence-corrected chi connectivity index (χ2v) is 7.92. The lowest BCUT2D eigenvalue weighted by Crippen LogP contribution is -2.56. The largest absolute Gasteiger partial charge is 0.490 e. The van der Waals surface area contributed by atoms with Gasteiger partial charge in [-0.2, -0.15) is 0 Å².